The van der Waals surface area contributed by atoms with Crippen LogP contribution in [0.3, 0.4) is 0 Å². The summed E-state index contributed by atoms with van der Waals surface area (Å²) in [5.41, 5.74) is 2.49. The zero-order chi connectivity index (χ0) is 14.0. The third-order valence-corrected chi connectivity index (χ3v) is 3.48. The Morgan fingerprint density at radius 2 is 2.21 bits per heavy atom. The van der Waals surface area contributed by atoms with E-state index < -0.39 is 17.9 Å². The molecule has 1 aliphatic rings. The molecule has 0 saturated carbocycles. The number of hydrogen-bond donors (Lipinski definition) is 1. The summed E-state index contributed by atoms with van der Waals surface area (Å²) in [5.74, 6) is -1.22. The number of carbonyl (C=O) groups excluding carboxylic acids is 2. The van der Waals surface area contributed by atoms with E-state index in [0.717, 1.165) is 10.6 Å². The molecule has 0 radical (unpaired) electrons. The fourth-order valence-corrected chi connectivity index (χ4v) is 2.33. The predicted octanol–water partition coefficient (Wildman–Crippen LogP) is -1.21. The Hall–Kier alpha value is -2.27. The van der Waals surface area contributed by atoms with E-state index in [-0.39, 0.29) is 0 Å². The number of rotatable bonds is 2. The van der Waals surface area contributed by atoms with Crippen molar-refractivity contribution in [2.75, 3.05) is 14.1 Å². The number of thiazole rings is 1. The van der Waals surface area contributed by atoms with Gasteiger partial charge in [0, 0.05) is 12.4 Å². The van der Waals surface area contributed by atoms with E-state index in [1.165, 1.54) is 30.3 Å². The quantitative estimate of drug-likeness (QED) is 0.734. The highest BCUT2D eigenvalue weighted by atomic mass is 32.1. The van der Waals surface area contributed by atoms with Crippen LogP contribution in [0.15, 0.2) is 10.9 Å². The summed E-state index contributed by atoms with van der Waals surface area (Å²) in [6, 6.07) is 1.45. The molecule has 98 valence electrons. The van der Waals surface area contributed by atoms with E-state index in [4.69, 9.17) is 5.26 Å². The minimum absolute atomic E-state index is 0.295. The highest BCUT2D eigenvalue weighted by molar-refractivity contribution is 7.07. The number of nitrogens with one attached hydrogen (secondary N) is 1. The van der Waals surface area contributed by atoms with Crippen molar-refractivity contribution in [1.82, 2.24) is 14.8 Å². The maximum Gasteiger partial charge on any atom is 0.417 e. The molecule has 1 saturated heterocycles. The first-order valence-corrected chi connectivity index (χ1v) is 6.43. The second kappa shape index (κ2) is 5.16. The highest BCUT2D eigenvalue weighted by Crippen LogP contribution is 2.12. The average Bonchev–Trinajstić information content (AvgIpc) is 2.92. The molecule has 1 fully saturated rings. The summed E-state index contributed by atoms with van der Waals surface area (Å²) < 4.78 is 0. The van der Waals surface area contributed by atoms with Gasteiger partial charge in [0.25, 0.3) is 11.7 Å². The van der Waals surface area contributed by atoms with Crippen LogP contribution in [-0.4, -0.2) is 46.7 Å². The van der Waals surface area contributed by atoms with Gasteiger partial charge in [0.05, 0.1) is 24.3 Å². The molecule has 0 spiro atoms. The van der Waals surface area contributed by atoms with Crippen molar-refractivity contribution in [2.45, 2.75) is 6.54 Å². The van der Waals surface area contributed by atoms with Gasteiger partial charge in [0.1, 0.15) is 6.54 Å². The van der Waals surface area contributed by atoms with Gasteiger partial charge in [0.15, 0.2) is 0 Å². The molecular weight excluding hydrogens is 266 g/mol. The molecule has 1 aromatic rings. The maximum atomic E-state index is 11.9. The molecule has 2 heterocycles. The molecule has 0 bridgehead atoms. The summed E-state index contributed by atoms with van der Waals surface area (Å²) in [5, 5.41) is 11.0. The number of nitrogens with zero attached hydrogens (tertiary/aromatic N) is 4. The number of aromatic nitrogens is 1. The van der Waals surface area contributed by atoms with Gasteiger partial charge in [-0.05, 0) is 0 Å². The summed E-state index contributed by atoms with van der Waals surface area (Å²) in [6.07, 6.45) is 0. The van der Waals surface area contributed by atoms with E-state index in [2.05, 4.69) is 9.98 Å². The van der Waals surface area contributed by atoms with Crippen LogP contribution in [0.1, 0.15) is 5.69 Å². The van der Waals surface area contributed by atoms with Crippen LogP contribution in [0.2, 0.25) is 0 Å². The molecule has 7 nitrogen and oxygen atoms in total. The van der Waals surface area contributed by atoms with Gasteiger partial charge in [-0.1, -0.05) is 0 Å². The molecular formula is C11H12N5O2S+. The minimum Gasteiger partial charge on any atom is -0.272 e. The maximum absolute atomic E-state index is 11.9. The van der Waals surface area contributed by atoms with Gasteiger partial charge in [-0.2, -0.15) is 10.2 Å². The molecule has 8 heteroatoms. The Labute approximate surface area is 113 Å². The summed E-state index contributed by atoms with van der Waals surface area (Å²) in [7, 11) is 2.89. The Kier molecular flexibility index (Phi) is 3.57. The zero-order valence-corrected chi connectivity index (χ0v) is 11.3. The fourth-order valence-electron chi connectivity index (χ4n) is 1.77. The first kappa shape index (κ1) is 13.2. The lowest BCUT2D eigenvalue weighted by Crippen LogP contribution is -2.79. The molecule has 1 unspecified atom stereocenters. The van der Waals surface area contributed by atoms with Crippen molar-refractivity contribution >= 4 is 29.1 Å². The van der Waals surface area contributed by atoms with Gasteiger partial charge in [-0.15, -0.1) is 11.3 Å². The first-order valence-electron chi connectivity index (χ1n) is 5.49. The number of urea groups is 1. The van der Waals surface area contributed by atoms with Crippen LogP contribution in [0.4, 0.5) is 4.79 Å². The Bertz CT molecular complexity index is 574. The normalized spacial score (nSPS) is 21.9. The van der Waals surface area contributed by atoms with Crippen LogP contribution >= 0.6 is 11.3 Å². The minimum atomic E-state index is -0.994. The molecule has 3 amide bonds. The number of amidine groups is 1. The smallest absolute Gasteiger partial charge is 0.272 e. The lowest BCUT2D eigenvalue weighted by molar-refractivity contribution is -0.483. The Morgan fingerprint density at radius 1 is 1.47 bits per heavy atom. The van der Waals surface area contributed by atoms with Crippen LogP contribution in [0, 0.1) is 17.2 Å². The lowest BCUT2D eigenvalue weighted by Gasteiger charge is -2.26. The van der Waals surface area contributed by atoms with Gasteiger partial charge >= 0.3 is 6.03 Å². The van der Waals surface area contributed by atoms with Crippen LogP contribution < -0.4 is 4.99 Å². The van der Waals surface area contributed by atoms with Crippen LogP contribution in [-0.2, 0) is 11.3 Å². The van der Waals surface area contributed by atoms with Crippen molar-refractivity contribution in [1.29, 1.82) is 5.26 Å². The fraction of sp³-hybridized carbons (Fsp3) is 0.364. The van der Waals surface area contributed by atoms with E-state index in [1.807, 2.05) is 11.4 Å². The molecule has 0 aliphatic carbocycles. The summed E-state index contributed by atoms with van der Waals surface area (Å²) >= 11 is 1.45. The monoisotopic (exact) mass is 278 g/mol. The number of amides is 3. The summed E-state index contributed by atoms with van der Waals surface area (Å²) in [4.78, 5) is 32.9. The molecule has 2 rings (SSSR count). The molecule has 1 aliphatic heterocycles. The molecule has 1 N–H and O–H groups in total. The Balaban J connectivity index is 2.30. The van der Waals surface area contributed by atoms with Crippen molar-refractivity contribution in [2.24, 2.45) is 5.92 Å². The largest absolute Gasteiger partial charge is 0.417 e. The first-order chi connectivity index (χ1) is 9.06. The highest BCUT2D eigenvalue weighted by Gasteiger charge is 2.46. The predicted molar refractivity (Wildman–Crippen MR) is 66.8 cm³/mol. The SMILES string of the molecule is CN1C(=O)C(C#N)C(=[NH+]Cc2cscn2)N(C)C1=O. The third kappa shape index (κ3) is 2.32. The second-order valence-electron chi connectivity index (χ2n) is 4.02. The number of carbonyl (C=O) groups is 2. The van der Waals surface area contributed by atoms with E-state index in [9.17, 15) is 9.59 Å². The molecule has 19 heavy (non-hydrogen) atoms. The number of imide groups is 1. The van der Waals surface area contributed by atoms with E-state index >= 15 is 0 Å². The average molecular weight is 278 g/mol. The Morgan fingerprint density at radius 3 is 2.79 bits per heavy atom. The van der Waals surface area contributed by atoms with Crippen LogP contribution in [0.25, 0.3) is 0 Å². The zero-order valence-electron chi connectivity index (χ0n) is 10.5. The number of hydrogen-bond acceptors (Lipinski definition) is 5. The van der Waals surface area contributed by atoms with Crippen molar-refractivity contribution in [3.63, 3.8) is 0 Å². The standard InChI is InChI=1S/C11H11N5O2S/c1-15-9(13-4-7-5-19-6-14-7)8(3-12)10(17)16(2)11(15)18/h5-6,8H,4H2,1-2H3/p+1. The second-order valence-corrected chi connectivity index (χ2v) is 4.74. The molecule has 1 aromatic heterocycles. The molecule has 1 atom stereocenters. The van der Waals surface area contributed by atoms with Gasteiger partial charge in [0.2, 0.25) is 5.92 Å². The van der Waals surface area contributed by atoms with Crippen LogP contribution in [0.5, 0.6) is 0 Å². The van der Waals surface area contributed by atoms with Gasteiger partial charge in [-0.3, -0.25) is 9.79 Å². The van der Waals surface area contributed by atoms with Gasteiger partial charge < -0.3 is 0 Å². The summed E-state index contributed by atoms with van der Waals surface area (Å²) in [6.45, 7) is 0.367. The van der Waals surface area contributed by atoms with E-state index in [0.29, 0.717) is 12.4 Å². The van der Waals surface area contributed by atoms with Crippen molar-refractivity contribution in [3.05, 3.63) is 16.6 Å². The van der Waals surface area contributed by atoms with Crippen molar-refractivity contribution < 1.29 is 14.6 Å². The van der Waals surface area contributed by atoms with Gasteiger partial charge in [-0.25, -0.2) is 14.7 Å². The number of nitriles is 1. The topological polar surface area (TPSA) is 91.3 Å². The third-order valence-electron chi connectivity index (χ3n) is 2.85. The lowest BCUT2D eigenvalue weighted by atomic mass is 10.1. The molecule has 0 aromatic carbocycles. The van der Waals surface area contributed by atoms with E-state index in [1.54, 1.807) is 5.51 Å². The van der Waals surface area contributed by atoms with Crippen molar-refractivity contribution in [3.8, 4) is 6.07 Å².